The average molecular weight is 462 g/mol. The van der Waals surface area contributed by atoms with E-state index in [1.807, 2.05) is 26.8 Å². The molecule has 2 amide bonds. The van der Waals surface area contributed by atoms with E-state index in [1.54, 1.807) is 36.4 Å². The number of nitrogens with zero attached hydrogens (tertiary/aromatic N) is 1. The molecule has 0 aliphatic heterocycles. The highest BCUT2D eigenvalue weighted by molar-refractivity contribution is 9.10. The van der Waals surface area contributed by atoms with Crippen molar-refractivity contribution in [2.45, 2.75) is 26.8 Å². The maximum absolute atomic E-state index is 12.5. The fraction of sp³-hybridized carbons (Fsp3) is 0.286. The zero-order valence-corrected chi connectivity index (χ0v) is 18.1. The monoisotopic (exact) mass is 461 g/mol. The molecule has 0 bridgehead atoms. The molecule has 2 aromatic rings. The molecule has 0 aromatic heterocycles. The first kappa shape index (κ1) is 22.4. The van der Waals surface area contributed by atoms with E-state index in [9.17, 15) is 14.7 Å². The van der Waals surface area contributed by atoms with Crippen LogP contribution >= 0.6 is 15.9 Å². The zero-order valence-electron chi connectivity index (χ0n) is 16.5. The number of phenolic OH excluding ortho intramolecular Hbond substituents is 1. The lowest BCUT2D eigenvalue weighted by atomic mass is 10.0. The second-order valence-electron chi connectivity index (χ2n) is 6.58. The van der Waals surface area contributed by atoms with Gasteiger partial charge in [-0.3, -0.25) is 9.59 Å². The summed E-state index contributed by atoms with van der Waals surface area (Å²) < 4.78 is 5.81. The number of amides is 2. The molecule has 7 nitrogen and oxygen atoms in total. The van der Waals surface area contributed by atoms with Crippen LogP contribution in [0.5, 0.6) is 11.5 Å². The SMILES string of the molecule is CCOc1cc(C=NNC(=O)C(NC(=O)c2ccccc2)C(C)C)cc(Br)c1O. The number of aromatic hydroxyl groups is 1. The summed E-state index contributed by atoms with van der Waals surface area (Å²) in [6.45, 7) is 5.88. The quantitative estimate of drug-likeness (QED) is 0.413. The number of halogens is 1. The largest absolute Gasteiger partial charge is 0.503 e. The van der Waals surface area contributed by atoms with Crippen molar-refractivity contribution >= 4 is 34.0 Å². The maximum atomic E-state index is 12.5. The van der Waals surface area contributed by atoms with Crippen LogP contribution in [0.4, 0.5) is 0 Å². The van der Waals surface area contributed by atoms with Gasteiger partial charge in [0.15, 0.2) is 11.5 Å². The normalized spacial score (nSPS) is 12.0. The minimum atomic E-state index is -0.745. The molecular weight excluding hydrogens is 438 g/mol. The minimum Gasteiger partial charge on any atom is -0.503 e. The maximum Gasteiger partial charge on any atom is 0.262 e. The molecule has 0 spiro atoms. The first-order valence-corrected chi connectivity index (χ1v) is 9.96. The van der Waals surface area contributed by atoms with Gasteiger partial charge in [0.05, 0.1) is 17.3 Å². The fourth-order valence-corrected chi connectivity index (χ4v) is 2.98. The minimum absolute atomic E-state index is 0.00321. The molecule has 3 N–H and O–H groups in total. The number of hydrogen-bond acceptors (Lipinski definition) is 5. The number of nitrogens with one attached hydrogen (secondary N) is 2. The van der Waals surface area contributed by atoms with Crippen LogP contribution in [-0.2, 0) is 4.79 Å². The van der Waals surface area contributed by atoms with Gasteiger partial charge in [-0.15, -0.1) is 0 Å². The van der Waals surface area contributed by atoms with Crippen molar-refractivity contribution in [3.8, 4) is 11.5 Å². The Kier molecular flexibility index (Phi) is 8.21. The van der Waals surface area contributed by atoms with Crippen molar-refractivity contribution in [3.63, 3.8) is 0 Å². The lowest BCUT2D eigenvalue weighted by Crippen LogP contribution is -2.48. The van der Waals surface area contributed by atoms with Crippen LogP contribution < -0.4 is 15.5 Å². The number of hydrazone groups is 1. The van der Waals surface area contributed by atoms with Gasteiger partial charge in [-0.25, -0.2) is 5.43 Å². The summed E-state index contributed by atoms with van der Waals surface area (Å²) in [6.07, 6.45) is 1.43. The molecule has 0 radical (unpaired) electrons. The molecule has 8 heteroatoms. The number of ether oxygens (including phenoxy) is 1. The van der Waals surface area contributed by atoms with E-state index in [1.165, 1.54) is 6.21 Å². The van der Waals surface area contributed by atoms with Gasteiger partial charge in [-0.2, -0.15) is 5.10 Å². The van der Waals surface area contributed by atoms with Gasteiger partial charge >= 0.3 is 0 Å². The molecule has 1 atom stereocenters. The van der Waals surface area contributed by atoms with Crippen LogP contribution in [0, 0.1) is 5.92 Å². The van der Waals surface area contributed by atoms with E-state index in [-0.39, 0.29) is 17.6 Å². The van der Waals surface area contributed by atoms with Gasteiger partial charge in [0, 0.05) is 5.56 Å². The number of carbonyl (C=O) groups is 2. The molecular formula is C21H24BrN3O4. The summed E-state index contributed by atoms with van der Waals surface area (Å²) in [6, 6.07) is 11.2. The Bertz CT molecular complexity index is 885. The Morgan fingerprint density at radius 1 is 1.24 bits per heavy atom. The molecule has 0 heterocycles. The van der Waals surface area contributed by atoms with Crippen LogP contribution in [0.3, 0.4) is 0 Å². The first-order chi connectivity index (χ1) is 13.8. The van der Waals surface area contributed by atoms with Crippen molar-refractivity contribution in [1.82, 2.24) is 10.7 Å². The molecule has 0 saturated heterocycles. The van der Waals surface area contributed by atoms with E-state index >= 15 is 0 Å². The third-order valence-electron chi connectivity index (χ3n) is 4.01. The smallest absolute Gasteiger partial charge is 0.262 e. The summed E-state index contributed by atoms with van der Waals surface area (Å²) in [4.78, 5) is 24.9. The van der Waals surface area contributed by atoms with Crippen molar-refractivity contribution in [3.05, 3.63) is 58.1 Å². The summed E-state index contributed by atoms with van der Waals surface area (Å²) in [5.74, 6) is -0.581. The van der Waals surface area contributed by atoms with Crippen molar-refractivity contribution in [2.75, 3.05) is 6.61 Å². The molecule has 0 aliphatic carbocycles. The topological polar surface area (TPSA) is 100 Å². The number of carbonyl (C=O) groups excluding carboxylic acids is 2. The van der Waals surface area contributed by atoms with Gasteiger partial charge < -0.3 is 15.2 Å². The molecule has 0 saturated carbocycles. The van der Waals surface area contributed by atoms with Gasteiger partial charge in [0.25, 0.3) is 11.8 Å². The van der Waals surface area contributed by atoms with Crippen molar-refractivity contribution < 1.29 is 19.4 Å². The summed E-state index contributed by atoms with van der Waals surface area (Å²) in [5.41, 5.74) is 3.55. The Labute approximate surface area is 178 Å². The van der Waals surface area contributed by atoms with Gasteiger partial charge in [-0.05, 0) is 58.6 Å². The lowest BCUT2D eigenvalue weighted by molar-refractivity contribution is -0.123. The molecule has 154 valence electrons. The van der Waals surface area contributed by atoms with Crippen LogP contribution in [0.2, 0.25) is 0 Å². The molecule has 2 aromatic carbocycles. The highest BCUT2D eigenvalue weighted by atomic mass is 79.9. The Balaban J connectivity index is 2.06. The summed E-state index contributed by atoms with van der Waals surface area (Å²) in [7, 11) is 0. The number of benzene rings is 2. The molecule has 1 unspecified atom stereocenters. The van der Waals surface area contributed by atoms with Gasteiger partial charge in [-0.1, -0.05) is 32.0 Å². The molecule has 0 aliphatic rings. The fourth-order valence-electron chi connectivity index (χ4n) is 2.52. The summed E-state index contributed by atoms with van der Waals surface area (Å²) in [5, 5.41) is 16.7. The van der Waals surface area contributed by atoms with E-state index in [4.69, 9.17) is 4.74 Å². The lowest BCUT2D eigenvalue weighted by Gasteiger charge is -2.20. The van der Waals surface area contributed by atoms with E-state index in [2.05, 4.69) is 31.8 Å². The van der Waals surface area contributed by atoms with Crippen molar-refractivity contribution in [2.24, 2.45) is 11.0 Å². The van der Waals surface area contributed by atoms with Gasteiger partial charge in [0.1, 0.15) is 6.04 Å². The van der Waals surface area contributed by atoms with E-state index < -0.39 is 11.9 Å². The van der Waals surface area contributed by atoms with E-state index in [0.29, 0.717) is 28.0 Å². The second kappa shape index (κ2) is 10.6. The standard InChI is InChI=1S/C21H24BrN3O4/c1-4-29-17-11-14(10-16(22)19(17)26)12-23-25-21(28)18(13(2)3)24-20(27)15-8-6-5-7-9-15/h5-13,18,26H,4H2,1-3H3,(H,24,27)(H,25,28). The average Bonchev–Trinajstić information content (AvgIpc) is 2.70. The summed E-state index contributed by atoms with van der Waals surface area (Å²) >= 11 is 3.25. The van der Waals surface area contributed by atoms with Crippen LogP contribution in [0.25, 0.3) is 0 Å². The van der Waals surface area contributed by atoms with E-state index in [0.717, 1.165) is 0 Å². The molecule has 29 heavy (non-hydrogen) atoms. The van der Waals surface area contributed by atoms with Gasteiger partial charge in [0.2, 0.25) is 0 Å². The third-order valence-corrected chi connectivity index (χ3v) is 4.62. The predicted molar refractivity (Wildman–Crippen MR) is 115 cm³/mol. The predicted octanol–water partition coefficient (Wildman–Crippen LogP) is 3.46. The zero-order chi connectivity index (χ0) is 21.4. The second-order valence-corrected chi connectivity index (χ2v) is 7.43. The highest BCUT2D eigenvalue weighted by Gasteiger charge is 2.24. The Morgan fingerprint density at radius 3 is 2.55 bits per heavy atom. The molecule has 2 rings (SSSR count). The van der Waals surface area contributed by atoms with Crippen LogP contribution in [0.15, 0.2) is 52.0 Å². The van der Waals surface area contributed by atoms with Crippen molar-refractivity contribution in [1.29, 1.82) is 0 Å². The van der Waals surface area contributed by atoms with Crippen LogP contribution in [0.1, 0.15) is 36.7 Å². The Morgan fingerprint density at radius 2 is 1.93 bits per heavy atom. The molecule has 0 fully saturated rings. The number of hydrogen-bond donors (Lipinski definition) is 3. The van der Waals surface area contributed by atoms with Crippen LogP contribution in [-0.4, -0.2) is 35.8 Å². The highest BCUT2D eigenvalue weighted by Crippen LogP contribution is 2.35. The first-order valence-electron chi connectivity index (χ1n) is 9.17. The Hall–Kier alpha value is -2.87. The number of rotatable bonds is 8. The third kappa shape index (κ3) is 6.32. The number of phenols is 1.